The maximum atomic E-state index is 12.6. The number of anilines is 1. The maximum Gasteiger partial charge on any atom is 0.243 e. The molecular weight excluding hydrogens is 416 g/mol. The molecule has 1 aliphatic rings. The van der Waals surface area contributed by atoms with E-state index in [2.05, 4.69) is 15.5 Å². The van der Waals surface area contributed by atoms with Crippen LogP contribution in [0.15, 0.2) is 57.9 Å². The molecule has 0 aliphatic carbocycles. The van der Waals surface area contributed by atoms with E-state index in [1.165, 1.54) is 4.31 Å². The molecule has 0 atom stereocenters. The van der Waals surface area contributed by atoms with Gasteiger partial charge in [-0.2, -0.15) is 9.29 Å². The van der Waals surface area contributed by atoms with Gasteiger partial charge in [0.05, 0.1) is 10.6 Å². The normalized spacial score (nSPS) is 14.6. The molecule has 4 rings (SSSR count). The first-order chi connectivity index (χ1) is 14.9. The topological polar surface area (TPSA) is 105 Å². The minimum atomic E-state index is -3.42. The Morgan fingerprint density at radius 2 is 1.81 bits per heavy atom. The van der Waals surface area contributed by atoms with E-state index in [-0.39, 0.29) is 12.3 Å². The minimum Gasteiger partial charge on any atom is -0.339 e. The summed E-state index contributed by atoms with van der Waals surface area (Å²) in [5.41, 5.74) is 2.20. The quantitative estimate of drug-likeness (QED) is 0.604. The van der Waals surface area contributed by atoms with Crippen molar-refractivity contribution in [1.82, 2.24) is 14.4 Å². The van der Waals surface area contributed by atoms with E-state index < -0.39 is 10.0 Å². The first-order valence-electron chi connectivity index (χ1n) is 10.2. The van der Waals surface area contributed by atoms with Crippen LogP contribution in [0.1, 0.15) is 30.7 Å². The SMILES string of the molecule is Cc1nc(-c2ccccc2NC(=O)CCc2ccc(S(=O)(=O)N3CCCC3)cc2)no1. The van der Waals surface area contributed by atoms with Gasteiger partial charge < -0.3 is 9.84 Å². The number of carbonyl (C=O) groups is 1. The van der Waals surface area contributed by atoms with E-state index in [9.17, 15) is 13.2 Å². The highest BCUT2D eigenvalue weighted by Gasteiger charge is 2.26. The van der Waals surface area contributed by atoms with Gasteiger partial charge in [0.25, 0.3) is 0 Å². The monoisotopic (exact) mass is 440 g/mol. The van der Waals surface area contributed by atoms with Gasteiger partial charge in [-0.05, 0) is 49.1 Å². The molecule has 0 spiro atoms. The number of nitrogens with zero attached hydrogens (tertiary/aromatic N) is 3. The zero-order valence-corrected chi connectivity index (χ0v) is 18.1. The van der Waals surface area contributed by atoms with Gasteiger partial charge in [0, 0.05) is 32.0 Å². The maximum absolute atomic E-state index is 12.6. The number of sulfonamides is 1. The van der Waals surface area contributed by atoms with Gasteiger partial charge >= 0.3 is 0 Å². The Hall–Kier alpha value is -3.04. The molecule has 0 unspecified atom stereocenters. The number of amides is 1. The number of benzene rings is 2. The fourth-order valence-electron chi connectivity index (χ4n) is 3.57. The van der Waals surface area contributed by atoms with E-state index in [0.29, 0.717) is 47.4 Å². The van der Waals surface area contributed by atoms with Crippen molar-refractivity contribution in [2.45, 2.75) is 37.5 Å². The number of nitrogens with one attached hydrogen (secondary N) is 1. The Kier molecular flexibility index (Phi) is 6.15. The lowest BCUT2D eigenvalue weighted by molar-refractivity contribution is -0.116. The van der Waals surface area contributed by atoms with E-state index in [1.807, 2.05) is 18.2 Å². The molecule has 1 aromatic heterocycles. The van der Waals surface area contributed by atoms with Crippen LogP contribution >= 0.6 is 0 Å². The third-order valence-electron chi connectivity index (χ3n) is 5.24. The first kappa shape index (κ1) is 21.2. The molecule has 0 radical (unpaired) electrons. The lowest BCUT2D eigenvalue weighted by atomic mass is 10.1. The van der Waals surface area contributed by atoms with Gasteiger partial charge in [0.2, 0.25) is 27.6 Å². The number of hydrogen-bond donors (Lipinski definition) is 1. The minimum absolute atomic E-state index is 0.151. The molecular formula is C22H24N4O4S. The lowest BCUT2D eigenvalue weighted by Crippen LogP contribution is -2.27. The van der Waals surface area contributed by atoms with Crippen molar-refractivity contribution in [3.63, 3.8) is 0 Å². The second kappa shape index (κ2) is 8.99. The third kappa shape index (κ3) is 4.83. The van der Waals surface area contributed by atoms with Crippen LogP contribution in [-0.2, 0) is 21.2 Å². The van der Waals surface area contributed by atoms with Gasteiger partial charge in [-0.1, -0.05) is 29.4 Å². The van der Waals surface area contributed by atoms with Gasteiger partial charge in [0.15, 0.2) is 0 Å². The summed E-state index contributed by atoms with van der Waals surface area (Å²) in [6.45, 7) is 2.86. The Morgan fingerprint density at radius 3 is 2.48 bits per heavy atom. The molecule has 1 aliphatic heterocycles. The largest absolute Gasteiger partial charge is 0.339 e. The summed E-state index contributed by atoms with van der Waals surface area (Å²) in [5.74, 6) is 0.718. The Morgan fingerprint density at radius 1 is 1.10 bits per heavy atom. The molecule has 162 valence electrons. The molecule has 2 heterocycles. The number of para-hydroxylation sites is 1. The summed E-state index contributed by atoms with van der Waals surface area (Å²) in [4.78, 5) is 17.0. The molecule has 1 N–H and O–H groups in total. The Bertz CT molecular complexity index is 1170. The molecule has 31 heavy (non-hydrogen) atoms. The van der Waals surface area contributed by atoms with Gasteiger partial charge in [-0.15, -0.1) is 0 Å². The Balaban J connectivity index is 1.38. The average Bonchev–Trinajstić information content (AvgIpc) is 3.45. The van der Waals surface area contributed by atoms with Crippen molar-refractivity contribution in [3.8, 4) is 11.4 Å². The van der Waals surface area contributed by atoms with E-state index >= 15 is 0 Å². The number of hydrogen-bond acceptors (Lipinski definition) is 6. The second-order valence-corrected chi connectivity index (χ2v) is 9.42. The summed E-state index contributed by atoms with van der Waals surface area (Å²) in [7, 11) is -3.42. The molecule has 2 aromatic carbocycles. The average molecular weight is 441 g/mol. The van der Waals surface area contributed by atoms with Crippen LogP contribution in [0.25, 0.3) is 11.4 Å². The second-order valence-electron chi connectivity index (χ2n) is 7.49. The van der Waals surface area contributed by atoms with Gasteiger partial charge in [-0.3, -0.25) is 4.79 Å². The highest BCUT2D eigenvalue weighted by atomic mass is 32.2. The zero-order valence-electron chi connectivity index (χ0n) is 17.2. The first-order valence-corrected chi connectivity index (χ1v) is 11.7. The van der Waals surface area contributed by atoms with Gasteiger partial charge in [0.1, 0.15) is 0 Å². The molecule has 3 aromatic rings. The van der Waals surface area contributed by atoms with E-state index in [4.69, 9.17) is 4.52 Å². The van der Waals surface area contributed by atoms with E-state index in [0.717, 1.165) is 18.4 Å². The summed E-state index contributed by atoms with van der Waals surface area (Å²) < 4.78 is 31.8. The van der Waals surface area contributed by atoms with Crippen LogP contribution in [0, 0.1) is 6.92 Å². The highest BCUT2D eigenvalue weighted by Crippen LogP contribution is 2.26. The zero-order chi connectivity index (χ0) is 21.8. The molecule has 0 saturated carbocycles. The molecule has 9 heteroatoms. The van der Waals surface area contributed by atoms with Crippen molar-refractivity contribution >= 4 is 21.6 Å². The van der Waals surface area contributed by atoms with Crippen LogP contribution in [-0.4, -0.2) is 41.9 Å². The van der Waals surface area contributed by atoms with Crippen molar-refractivity contribution in [3.05, 3.63) is 60.0 Å². The number of aromatic nitrogens is 2. The molecule has 8 nitrogen and oxygen atoms in total. The van der Waals surface area contributed by atoms with Crippen LogP contribution < -0.4 is 5.32 Å². The molecule has 0 bridgehead atoms. The molecule has 1 amide bonds. The van der Waals surface area contributed by atoms with Crippen molar-refractivity contribution < 1.29 is 17.7 Å². The number of carbonyl (C=O) groups excluding carboxylic acids is 1. The number of rotatable bonds is 7. The fourth-order valence-corrected chi connectivity index (χ4v) is 5.09. The Labute approximate surface area is 181 Å². The predicted octanol–water partition coefficient (Wildman–Crippen LogP) is 3.40. The highest BCUT2D eigenvalue weighted by molar-refractivity contribution is 7.89. The van der Waals surface area contributed by atoms with Crippen LogP contribution in [0.2, 0.25) is 0 Å². The van der Waals surface area contributed by atoms with Crippen molar-refractivity contribution in [2.24, 2.45) is 0 Å². The van der Waals surface area contributed by atoms with Crippen molar-refractivity contribution in [2.75, 3.05) is 18.4 Å². The van der Waals surface area contributed by atoms with Crippen LogP contribution in [0.4, 0.5) is 5.69 Å². The predicted molar refractivity (Wildman–Crippen MR) is 116 cm³/mol. The summed E-state index contributed by atoms with van der Waals surface area (Å²) in [5, 5.41) is 6.81. The van der Waals surface area contributed by atoms with Crippen molar-refractivity contribution in [1.29, 1.82) is 0 Å². The summed E-state index contributed by atoms with van der Waals surface area (Å²) >= 11 is 0. The summed E-state index contributed by atoms with van der Waals surface area (Å²) in [6.07, 6.45) is 2.57. The molecule has 1 fully saturated rings. The summed E-state index contributed by atoms with van der Waals surface area (Å²) in [6, 6.07) is 14.1. The fraction of sp³-hybridized carbons (Fsp3) is 0.318. The standard InChI is InChI=1S/C22H24N4O4S/c1-16-23-22(25-30-16)19-6-2-3-7-20(19)24-21(27)13-10-17-8-11-18(12-9-17)31(28,29)26-14-4-5-15-26/h2-3,6-9,11-12H,4-5,10,13-15H2,1H3,(H,24,27). The third-order valence-corrected chi connectivity index (χ3v) is 7.15. The van der Waals surface area contributed by atoms with Gasteiger partial charge in [-0.25, -0.2) is 8.42 Å². The van der Waals surface area contributed by atoms with E-state index in [1.54, 1.807) is 37.3 Å². The van der Waals surface area contributed by atoms with Crippen LogP contribution in [0.5, 0.6) is 0 Å². The van der Waals surface area contributed by atoms with Crippen LogP contribution in [0.3, 0.4) is 0 Å². The lowest BCUT2D eigenvalue weighted by Gasteiger charge is -2.15. The smallest absolute Gasteiger partial charge is 0.243 e. The number of aryl methyl sites for hydroxylation is 2. The molecule has 1 saturated heterocycles.